The largest absolute Gasteiger partial charge is 0.467 e. The van der Waals surface area contributed by atoms with Gasteiger partial charge in [0.2, 0.25) is 0 Å². The second-order valence-corrected chi connectivity index (χ2v) is 6.36. The predicted molar refractivity (Wildman–Crippen MR) is 91.6 cm³/mol. The molecule has 0 aliphatic rings. The number of nitrogens with one attached hydrogen (secondary N) is 3. The fourth-order valence-electron chi connectivity index (χ4n) is 1.79. The van der Waals surface area contributed by atoms with Gasteiger partial charge in [-0.15, -0.1) is 11.3 Å². The van der Waals surface area contributed by atoms with E-state index in [1.807, 2.05) is 22.3 Å². The predicted octanol–water partition coefficient (Wildman–Crippen LogP) is 1.54. The highest BCUT2D eigenvalue weighted by molar-refractivity contribution is 7.14. The highest BCUT2D eigenvalue weighted by atomic mass is 32.1. The van der Waals surface area contributed by atoms with E-state index in [9.17, 15) is 14.4 Å². The number of hydrogen-bond acceptors (Lipinski definition) is 7. The monoisotopic (exact) mass is 376 g/mol. The van der Waals surface area contributed by atoms with E-state index in [-0.39, 0.29) is 12.2 Å². The highest BCUT2D eigenvalue weighted by Crippen LogP contribution is 2.25. The third kappa shape index (κ3) is 4.31. The maximum absolute atomic E-state index is 12.0. The smallest absolute Gasteiger partial charge is 0.327 e. The van der Waals surface area contributed by atoms with Crippen LogP contribution in [0.1, 0.15) is 16.2 Å². The fourth-order valence-corrected chi connectivity index (χ4v) is 3.30. The molecule has 0 aliphatic heterocycles. The van der Waals surface area contributed by atoms with E-state index in [1.54, 1.807) is 17.5 Å². The topological polar surface area (TPSA) is 113 Å². The van der Waals surface area contributed by atoms with Crippen LogP contribution in [0.4, 0.5) is 0 Å². The molecule has 0 bridgehead atoms. The SMILES string of the molecule is O=C(NCc1ccco1)C(=O)NNC(=O)c1csc(-c2ccsc2)n1. The van der Waals surface area contributed by atoms with Gasteiger partial charge in [0.05, 0.1) is 12.8 Å². The molecule has 0 atom stereocenters. The van der Waals surface area contributed by atoms with Crippen molar-refractivity contribution in [2.24, 2.45) is 0 Å². The number of nitrogens with zero attached hydrogens (tertiary/aromatic N) is 1. The zero-order chi connectivity index (χ0) is 17.6. The molecule has 3 amide bonds. The van der Waals surface area contributed by atoms with Crippen molar-refractivity contribution in [3.8, 4) is 10.6 Å². The Morgan fingerprint density at radius 2 is 2.00 bits per heavy atom. The van der Waals surface area contributed by atoms with Gasteiger partial charge in [0, 0.05) is 16.3 Å². The molecule has 0 spiro atoms. The van der Waals surface area contributed by atoms with Crippen LogP contribution in [-0.2, 0) is 16.1 Å². The Morgan fingerprint density at radius 1 is 1.12 bits per heavy atom. The number of thiophene rings is 1. The quantitative estimate of drug-likeness (QED) is 0.472. The molecule has 0 saturated carbocycles. The number of hydrazine groups is 1. The molecule has 3 aromatic heterocycles. The van der Waals surface area contributed by atoms with Gasteiger partial charge in [-0.1, -0.05) is 0 Å². The molecule has 0 unspecified atom stereocenters. The van der Waals surface area contributed by atoms with Crippen LogP contribution >= 0.6 is 22.7 Å². The second-order valence-electron chi connectivity index (χ2n) is 4.72. The van der Waals surface area contributed by atoms with Crippen LogP contribution in [0.3, 0.4) is 0 Å². The van der Waals surface area contributed by atoms with Crippen molar-refractivity contribution in [3.63, 3.8) is 0 Å². The number of carbonyl (C=O) groups excluding carboxylic acids is 3. The summed E-state index contributed by atoms with van der Waals surface area (Å²) in [4.78, 5) is 39.4. The average molecular weight is 376 g/mol. The molecule has 0 fully saturated rings. The first-order chi connectivity index (χ1) is 12.1. The van der Waals surface area contributed by atoms with E-state index in [2.05, 4.69) is 15.7 Å². The minimum Gasteiger partial charge on any atom is -0.467 e. The number of furan rings is 1. The first kappa shape index (κ1) is 16.9. The second kappa shape index (κ2) is 7.73. The first-order valence-corrected chi connectivity index (χ1v) is 8.84. The van der Waals surface area contributed by atoms with Crippen molar-refractivity contribution in [2.75, 3.05) is 0 Å². The number of carbonyl (C=O) groups is 3. The van der Waals surface area contributed by atoms with Crippen LogP contribution < -0.4 is 16.2 Å². The summed E-state index contributed by atoms with van der Waals surface area (Å²) in [5.41, 5.74) is 5.28. The zero-order valence-electron chi connectivity index (χ0n) is 12.6. The van der Waals surface area contributed by atoms with Crippen molar-refractivity contribution in [2.45, 2.75) is 6.54 Å². The van der Waals surface area contributed by atoms with E-state index >= 15 is 0 Å². The standard InChI is InChI=1S/C15H12N4O4S2/c20-12(11-8-25-15(17-11)9-3-5-24-7-9)18-19-14(22)13(21)16-6-10-2-1-4-23-10/h1-5,7-8H,6H2,(H,16,21)(H,18,20)(H,19,22). The number of hydrogen-bond donors (Lipinski definition) is 3. The van der Waals surface area contributed by atoms with Crippen molar-refractivity contribution >= 4 is 40.4 Å². The molecule has 8 nitrogen and oxygen atoms in total. The molecule has 25 heavy (non-hydrogen) atoms. The molecule has 3 rings (SSSR count). The molecular formula is C15H12N4O4S2. The Balaban J connectivity index is 1.48. The molecule has 0 aromatic carbocycles. The third-order valence-corrected chi connectivity index (χ3v) is 4.58. The van der Waals surface area contributed by atoms with Crippen molar-refractivity contribution in [1.82, 2.24) is 21.2 Å². The van der Waals surface area contributed by atoms with Gasteiger partial charge < -0.3 is 9.73 Å². The summed E-state index contributed by atoms with van der Waals surface area (Å²) in [6.07, 6.45) is 1.46. The summed E-state index contributed by atoms with van der Waals surface area (Å²) in [6.45, 7) is 0.0727. The summed E-state index contributed by atoms with van der Waals surface area (Å²) < 4.78 is 5.03. The lowest BCUT2D eigenvalue weighted by Crippen LogP contribution is -2.48. The molecule has 10 heteroatoms. The average Bonchev–Trinajstić information content (AvgIpc) is 3.37. The van der Waals surface area contributed by atoms with Gasteiger partial charge in [0.1, 0.15) is 16.5 Å². The van der Waals surface area contributed by atoms with E-state index < -0.39 is 17.7 Å². The Morgan fingerprint density at radius 3 is 2.72 bits per heavy atom. The van der Waals surface area contributed by atoms with Crippen molar-refractivity contribution in [3.05, 3.63) is 52.1 Å². The van der Waals surface area contributed by atoms with E-state index in [4.69, 9.17) is 4.42 Å². The zero-order valence-corrected chi connectivity index (χ0v) is 14.3. The lowest BCUT2D eigenvalue weighted by molar-refractivity contribution is -0.139. The molecule has 3 N–H and O–H groups in total. The Kier molecular flexibility index (Phi) is 5.21. The molecule has 3 aromatic rings. The molecule has 0 saturated heterocycles. The highest BCUT2D eigenvalue weighted by Gasteiger charge is 2.17. The fraction of sp³-hybridized carbons (Fsp3) is 0.0667. The van der Waals surface area contributed by atoms with Crippen LogP contribution in [-0.4, -0.2) is 22.7 Å². The molecule has 128 valence electrons. The van der Waals surface area contributed by atoms with Gasteiger partial charge in [-0.3, -0.25) is 25.2 Å². The Labute approximate surface area is 149 Å². The van der Waals surface area contributed by atoms with Gasteiger partial charge in [-0.25, -0.2) is 4.98 Å². The summed E-state index contributed by atoms with van der Waals surface area (Å²) in [5.74, 6) is -1.99. The van der Waals surface area contributed by atoms with Gasteiger partial charge >= 0.3 is 11.8 Å². The van der Waals surface area contributed by atoms with Crippen molar-refractivity contribution < 1.29 is 18.8 Å². The normalized spacial score (nSPS) is 10.2. The third-order valence-electron chi connectivity index (χ3n) is 3.00. The Bertz CT molecular complexity index is 871. The molecule has 0 aliphatic carbocycles. The van der Waals surface area contributed by atoms with Gasteiger partial charge in [-0.2, -0.15) is 11.3 Å². The van der Waals surface area contributed by atoms with E-state index in [0.29, 0.717) is 10.8 Å². The van der Waals surface area contributed by atoms with Crippen LogP contribution in [0.15, 0.2) is 45.0 Å². The van der Waals surface area contributed by atoms with E-state index in [0.717, 1.165) is 5.56 Å². The minimum atomic E-state index is -0.992. The van der Waals surface area contributed by atoms with Gasteiger partial charge in [0.15, 0.2) is 0 Å². The molecule has 0 radical (unpaired) electrons. The first-order valence-electron chi connectivity index (χ1n) is 7.02. The Hall–Kier alpha value is -2.98. The number of thiazole rings is 1. The van der Waals surface area contributed by atoms with Crippen LogP contribution in [0.5, 0.6) is 0 Å². The lowest BCUT2D eigenvalue weighted by Gasteiger charge is -2.06. The van der Waals surface area contributed by atoms with Gasteiger partial charge in [-0.05, 0) is 23.6 Å². The maximum Gasteiger partial charge on any atom is 0.327 e. The summed E-state index contributed by atoms with van der Waals surface area (Å²) in [6, 6.07) is 5.23. The lowest BCUT2D eigenvalue weighted by atomic mass is 10.3. The van der Waals surface area contributed by atoms with Crippen LogP contribution in [0, 0.1) is 0 Å². The van der Waals surface area contributed by atoms with Crippen LogP contribution in [0.25, 0.3) is 10.6 Å². The van der Waals surface area contributed by atoms with E-state index in [1.165, 1.54) is 28.9 Å². The van der Waals surface area contributed by atoms with Gasteiger partial charge in [0.25, 0.3) is 5.91 Å². The number of aromatic nitrogens is 1. The summed E-state index contributed by atoms with van der Waals surface area (Å²) >= 11 is 2.85. The molecular weight excluding hydrogens is 364 g/mol. The molecule has 3 heterocycles. The maximum atomic E-state index is 12.0. The number of rotatable bonds is 4. The van der Waals surface area contributed by atoms with Crippen LogP contribution in [0.2, 0.25) is 0 Å². The summed E-state index contributed by atoms with van der Waals surface area (Å²) in [7, 11) is 0. The summed E-state index contributed by atoms with van der Waals surface area (Å²) in [5, 5.41) is 8.48. The minimum absolute atomic E-state index is 0.0727. The van der Waals surface area contributed by atoms with Crippen molar-refractivity contribution in [1.29, 1.82) is 0 Å². The number of amides is 3.